The lowest BCUT2D eigenvalue weighted by Crippen LogP contribution is -2.35. The number of hydrogen-bond acceptors (Lipinski definition) is 4. The van der Waals surface area contributed by atoms with Gasteiger partial charge in [-0.1, -0.05) is 17.8 Å². The Morgan fingerprint density at radius 1 is 1.61 bits per heavy atom. The first-order chi connectivity index (χ1) is 8.72. The minimum absolute atomic E-state index is 0.207. The summed E-state index contributed by atoms with van der Waals surface area (Å²) in [7, 11) is 0. The summed E-state index contributed by atoms with van der Waals surface area (Å²) in [5, 5.41) is 8.43. The summed E-state index contributed by atoms with van der Waals surface area (Å²) in [4.78, 5) is 16.9. The molecule has 1 aliphatic carbocycles. The molecule has 1 amide bonds. The molecule has 5 nitrogen and oxygen atoms in total. The van der Waals surface area contributed by atoms with Crippen molar-refractivity contribution >= 4 is 22.2 Å². The molecule has 96 valence electrons. The molecule has 1 aliphatic rings. The summed E-state index contributed by atoms with van der Waals surface area (Å²) in [6.07, 6.45) is 6.00. The molecule has 0 radical (unpaired) electrons. The second-order valence-electron chi connectivity index (χ2n) is 4.77. The highest BCUT2D eigenvalue weighted by Crippen LogP contribution is 2.26. The van der Waals surface area contributed by atoms with E-state index in [-0.39, 0.29) is 11.8 Å². The Labute approximate surface area is 109 Å². The molecule has 1 fully saturated rings. The van der Waals surface area contributed by atoms with Gasteiger partial charge in [0, 0.05) is 18.9 Å². The maximum absolute atomic E-state index is 11.6. The fourth-order valence-electron chi connectivity index (χ4n) is 2.06. The lowest BCUT2D eigenvalue weighted by atomic mass is 9.85. The first-order valence-corrected chi connectivity index (χ1v) is 7.13. The number of aromatic nitrogens is 3. The molecule has 0 bridgehead atoms. The van der Waals surface area contributed by atoms with Gasteiger partial charge in [-0.15, -0.1) is 0 Å². The zero-order chi connectivity index (χ0) is 12.5. The van der Waals surface area contributed by atoms with Crippen LogP contribution in [0.4, 0.5) is 0 Å². The largest absolute Gasteiger partial charge is 0.355 e. The van der Waals surface area contributed by atoms with E-state index in [1.807, 2.05) is 17.6 Å². The normalized spacial score (nSPS) is 15.8. The molecule has 3 rings (SSSR count). The molecular formula is C12H16N4OS. The third kappa shape index (κ3) is 2.25. The Balaban J connectivity index is 1.52. The lowest BCUT2D eigenvalue weighted by Gasteiger charge is -2.23. The number of rotatable bonds is 4. The standard InChI is InChI=1S/C12H16N4OS/c1-8-7-16-12(14-8)18-10(15-16)5-6-13-11(17)9-3-2-4-9/h7,9H,2-6H2,1H3,(H,13,17). The van der Waals surface area contributed by atoms with Crippen LogP contribution in [0, 0.1) is 12.8 Å². The smallest absolute Gasteiger partial charge is 0.223 e. The zero-order valence-electron chi connectivity index (χ0n) is 10.3. The van der Waals surface area contributed by atoms with Crippen LogP contribution in [0.3, 0.4) is 0 Å². The van der Waals surface area contributed by atoms with Crippen LogP contribution in [-0.4, -0.2) is 27.0 Å². The van der Waals surface area contributed by atoms with Gasteiger partial charge in [0.25, 0.3) is 0 Å². The summed E-state index contributed by atoms with van der Waals surface area (Å²) in [6.45, 7) is 2.63. The van der Waals surface area contributed by atoms with Gasteiger partial charge in [0.15, 0.2) is 0 Å². The van der Waals surface area contributed by atoms with E-state index in [9.17, 15) is 4.79 Å². The summed E-state index contributed by atoms with van der Waals surface area (Å²) < 4.78 is 1.81. The molecule has 2 aromatic heterocycles. The van der Waals surface area contributed by atoms with Crippen molar-refractivity contribution in [3.8, 4) is 0 Å². The fourth-order valence-corrected chi connectivity index (χ4v) is 2.98. The zero-order valence-corrected chi connectivity index (χ0v) is 11.2. The van der Waals surface area contributed by atoms with E-state index < -0.39 is 0 Å². The topological polar surface area (TPSA) is 59.3 Å². The highest BCUT2D eigenvalue weighted by Gasteiger charge is 2.24. The van der Waals surface area contributed by atoms with Crippen LogP contribution in [0.2, 0.25) is 0 Å². The molecule has 0 aromatic carbocycles. The number of nitrogens with one attached hydrogen (secondary N) is 1. The van der Waals surface area contributed by atoms with Crippen LogP contribution in [0.15, 0.2) is 6.20 Å². The van der Waals surface area contributed by atoms with Gasteiger partial charge in [-0.05, 0) is 19.8 Å². The molecule has 2 aromatic rings. The molecule has 0 saturated heterocycles. The number of hydrogen-bond donors (Lipinski definition) is 1. The number of carbonyl (C=O) groups excluding carboxylic acids is 1. The van der Waals surface area contributed by atoms with Crippen molar-refractivity contribution in [1.29, 1.82) is 0 Å². The number of carbonyl (C=O) groups is 1. The van der Waals surface area contributed by atoms with E-state index in [1.54, 1.807) is 11.3 Å². The predicted octanol–water partition coefficient (Wildman–Crippen LogP) is 1.56. The molecule has 6 heteroatoms. The quantitative estimate of drug-likeness (QED) is 0.911. The van der Waals surface area contributed by atoms with E-state index in [4.69, 9.17) is 0 Å². The molecule has 0 aliphatic heterocycles. The van der Waals surface area contributed by atoms with Gasteiger partial charge in [0.2, 0.25) is 10.9 Å². The predicted molar refractivity (Wildman–Crippen MR) is 69.7 cm³/mol. The Bertz CT molecular complexity index is 538. The van der Waals surface area contributed by atoms with Gasteiger partial charge in [-0.3, -0.25) is 4.79 Å². The summed E-state index contributed by atoms with van der Waals surface area (Å²) in [6, 6.07) is 0. The summed E-state index contributed by atoms with van der Waals surface area (Å²) >= 11 is 1.59. The van der Waals surface area contributed by atoms with Gasteiger partial charge >= 0.3 is 0 Å². The fraction of sp³-hybridized carbons (Fsp3) is 0.583. The highest BCUT2D eigenvalue weighted by molar-refractivity contribution is 7.16. The van der Waals surface area contributed by atoms with E-state index in [2.05, 4.69) is 15.4 Å². The van der Waals surface area contributed by atoms with Gasteiger partial charge in [0.05, 0.1) is 11.9 Å². The Kier molecular flexibility index (Phi) is 3.03. The molecule has 1 saturated carbocycles. The molecule has 2 heterocycles. The van der Waals surface area contributed by atoms with Crippen LogP contribution in [0.25, 0.3) is 4.96 Å². The Morgan fingerprint density at radius 3 is 3.11 bits per heavy atom. The summed E-state index contributed by atoms with van der Waals surface area (Å²) in [5.74, 6) is 0.472. The van der Waals surface area contributed by atoms with Gasteiger partial charge in [-0.25, -0.2) is 9.50 Å². The second kappa shape index (κ2) is 4.68. The van der Waals surface area contributed by atoms with Crippen molar-refractivity contribution in [3.63, 3.8) is 0 Å². The second-order valence-corrected chi connectivity index (χ2v) is 5.81. The van der Waals surface area contributed by atoms with Crippen LogP contribution >= 0.6 is 11.3 Å². The SMILES string of the molecule is Cc1cn2nc(CCNC(=O)C3CCC3)sc2n1. The van der Waals surface area contributed by atoms with E-state index in [0.29, 0.717) is 6.54 Å². The van der Waals surface area contributed by atoms with Crippen LogP contribution in [0.1, 0.15) is 30.0 Å². The van der Waals surface area contributed by atoms with E-state index in [0.717, 1.165) is 34.9 Å². The number of nitrogens with zero attached hydrogens (tertiary/aromatic N) is 3. The van der Waals surface area contributed by atoms with Crippen molar-refractivity contribution in [2.75, 3.05) is 6.54 Å². The van der Waals surface area contributed by atoms with Crippen molar-refractivity contribution in [3.05, 3.63) is 16.9 Å². The van der Waals surface area contributed by atoms with E-state index >= 15 is 0 Å². The summed E-state index contributed by atoms with van der Waals surface area (Å²) in [5.41, 5.74) is 0.985. The minimum Gasteiger partial charge on any atom is -0.355 e. The number of imidazole rings is 1. The third-order valence-electron chi connectivity index (χ3n) is 3.32. The first-order valence-electron chi connectivity index (χ1n) is 6.32. The number of amides is 1. The lowest BCUT2D eigenvalue weighted by molar-refractivity contribution is -0.127. The average Bonchev–Trinajstić information content (AvgIpc) is 2.71. The van der Waals surface area contributed by atoms with Crippen LogP contribution in [-0.2, 0) is 11.2 Å². The maximum Gasteiger partial charge on any atom is 0.223 e. The molecule has 0 unspecified atom stereocenters. The average molecular weight is 264 g/mol. The van der Waals surface area contributed by atoms with Crippen molar-refractivity contribution in [2.45, 2.75) is 32.6 Å². The molecule has 18 heavy (non-hydrogen) atoms. The maximum atomic E-state index is 11.6. The number of aryl methyl sites for hydroxylation is 1. The van der Waals surface area contributed by atoms with Crippen molar-refractivity contribution in [2.24, 2.45) is 5.92 Å². The Morgan fingerprint density at radius 2 is 2.44 bits per heavy atom. The van der Waals surface area contributed by atoms with Gasteiger partial charge < -0.3 is 5.32 Å². The van der Waals surface area contributed by atoms with Crippen LogP contribution in [0.5, 0.6) is 0 Å². The van der Waals surface area contributed by atoms with Crippen molar-refractivity contribution in [1.82, 2.24) is 19.9 Å². The van der Waals surface area contributed by atoms with E-state index in [1.165, 1.54) is 6.42 Å². The highest BCUT2D eigenvalue weighted by atomic mass is 32.1. The number of fused-ring (bicyclic) bond motifs is 1. The van der Waals surface area contributed by atoms with Gasteiger partial charge in [0.1, 0.15) is 5.01 Å². The minimum atomic E-state index is 0.207. The van der Waals surface area contributed by atoms with Crippen LogP contribution < -0.4 is 5.32 Å². The molecule has 0 spiro atoms. The van der Waals surface area contributed by atoms with Gasteiger partial charge in [-0.2, -0.15) is 5.10 Å². The molecule has 1 N–H and O–H groups in total. The first kappa shape index (κ1) is 11.6. The molecule has 0 atom stereocenters. The Hall–Kier alpha value is -1.43. The van der Waals surface area contributed by atoms with Crippen molar-refractivity contribution < 1.29 is 4.79 Å². The monoisotopic (exact) mass is 264 g/mol. The molecular weight excluding hydrogens is 248 g/mol. The third-order valence-corrected chi connectivity index (χ3v) is 4.30.